The minimum Gasteiger partial charge on any atom is -0.454 e. The number of nitrogens with two attached hydrogens (primary N) is 1. The van der Waals surface area contributed by atoms with Gasteiger partial charge in [0.25, 0.3) is 5.91 Å². The molecule has 1 heterocycles. The number of benzene rings is 2. The molecule has 21 heavy (non-hydrogen) atoms. The van der Waals surface area contributed by atoms with Crippen molar-refractivity contribution in [2.45, 2.75) is 0 Å². The highest BCUT2D eigenvalue weighted by atomic mass is 16.7. The number of hydrogen-bond acceptors (Lipinski definition) is 5. The van der Waals surface area contributed by atoms with E-state index in [1.165, 1.54) is 0 Å². The number of nitrogens with one attached hydrogen (secondary N) is 1. The third-order valence-electron chi connectivity index (χ3n) is 3.07. The molecule has 0 fully saturated rings. The number of hydrogen-bond donors (Lipinski definition) is 2. The van der Waals surface area contributed by atoms with Gasteiger partial charge in [-0.3, -0.25) is 4.79 Å². The summed E-state index contributed by atoms with van der Waals surface area (Å²) in [6.45, 7) is 0.141. The van der Waals surface area contributed by atoms with E-state index in [-0.39, 0.29) is 12.7 Å². The van der Waals surface area contributed by atoms with Crippen molar-refractivity contribution in [1.82, 2.24) is 0 Å². The Kier molecular flexibility index (Phi) is 3.09. The number of nitrogen functional groups attached to an aromatic ring is 1. The highest BCUT2D eigenvalue weighted by Crippen LogP contribution is 2.38. The van der Waals surface area contributed by atoms with Crippen molar-refractivity contribution in [2.24, 2.45) is 0 Å². The van der Waals surface area contributed by atoms with Gasteiger partial charge in [0.1, 0.15) is 0 Å². The molecule has 6 nitrogen and oxygen atoms in total. The molecule has 6 heteroatoms. The minimum absolute atomic E-state index is 0.141. The number of anilines is 2. The van der Waals surface area contributed by atoms with Crippen LogP contribution in [0.3, 0.4) is 0 Å². The number of fused-ring (bicyclic) bond motifs is 1. The molecule has 0 aromatic heterocycles. The lowest BCUT2D eigenvalue weighted by atomic mass is 10.1. The monoisotopic (exact) mass is 281 g/mol. The van der Waals surface area contributed by atoms with Gasteiger partial charge in [0.05, 0.1) is 23.0 Å². The molecule has 3 rings (SSSR count). The lowest BCUT2D eigenvalue weighted by Gasteiger charge is -2.09. The summed E-state index contributed by atoms with van der Waals surface area (Å²) in [4.78, 5) is 12.1. The Labute approximate surface area is 120 Å². The molecule has 0 saturated carbocycles. The molecule has 2 aromatic rings. The second-order valence-corrected chi connectivity index (χ2v) is 4.44. The first-order valence-electron chi connectivity index (χ1n) is 6.18. The van der Waals surface area contributed by atoms with Gasteiger partial charge in [-0.1, -0.05) is 0 Å². The van der Waals surface area contributed by atoms with Crippen molar-refractivity contribution in [1.29, 1.82) is 5.26 Å². The number of carbonyl (C=O) groups is 1. The SMILES string of the molecule is N#Cc1ccc(C(=O)Nc2cc3c(cc2N)OCO3)cc1. The van der Waals surface area contributed by atoms with Crippen LogP contribution in [0.4, 0.5) is 11.4 Å². The van der Waals surface area contributed by atoms with Gasteiger partial charge in [0.2, 0.25) is 6.79 Å². The zero-order valence-corrected chi connectivity index (χ0v) is 10.9. The van der Waals surface area contributed by atoms with Crippen LogP contribution in [-0.4, -0.2) is 12.7 Å². The van der Waals surface area contributed by atoms with Crippen molar-refractivity contribution in [3.05, 3.63) is 47.5 Å². The van der Waals surface area contributed by atoms with Gasteiger partial charge >= 0.3 is 0 Å². The lowest BCUT2D eigenvalue weighted by molar-refractivity contribution is 0.102. The molecule has 1 amide bonds. The summed E-state index contributed by atoms with van der Waals surface area (Å²) >= 11 is 0. The molecule has 2 aromatic carbocycles. The van der Waals surface area contributed by atoms with Gasteiger partial charge in [0.15, 0.2) is 11.5 Å². The van der Waals surface area contributed by atoms with E-state index in [0.29, 0.717) is 34.0 Å². The highest BCUT2D eigenvalue weighted by Gasteiger charge is 2.17. The molecule has 0 aliphatic carbocycles. The maximum atomic E-state index is 12.1. The fraction of sp³-hybridized carbons (Fsp3) is 0.0667. The van der Waals surface area contributed by atoms with Crippen molar-refractivity contribution in [3.8, 4) is 17.6 Å². The van der Waals surface area contributed by atoms with E-state index in [1.54, 1.807) is 36.4 Å². The molecule has 0 bridgehead atoms. The van der Waals surface area contributed by atoms with E-state index in [0.717, 1.165) is 0 Å². The maximum Gasteiger partial charge on any atom is 0.255 e. The fourth-order valence-electron chi connectivity index (χ4n) is 1.96. The van der Waals surface area contributed by atoms with Crippen LogP contribution in [0.2, 0.25) is 0 Å². The number of carbonyl (C=O) groups excluding carboxylic acids is 1. The Morgan fingerprint density at radius 1 is 1.19 bits per heavy atom. The third-order valence-corrected chi connectivity index (χ3v) is 3.07. The Bertz CT molecular complexity index is 748. The lowest BCUT2D eigenvalue weighted by Crippen LogP contribution is -2.13. The predicted octanol–water partition coefficient (Wildman–Crippen LogP) is 2.12. The minimum atomic E-state index is -0.315. The van der Waals surface area contributed by atoms with Crippen LogP contribution in [0.25, 0.3) is 0 Å². The van der Waals surface area contributed by atoms with E-state index in [1.807, 2.05) is 6.07 Å². The molecule has 3 N–H and O–H groups in total. The normalized spacial score (nSPS) is 11.8. The average Bonchev–Trinajstić information content (AvgIpc) is 2.94. The molecule has 0 atom stereocenters. The molecule has 1 aliphatic rings. The molecular weight excluding hydrogens is 270 g/mol. The Balaban J connectivity index is 1.83. The van der Waals surface area contributed by atoms with Crippen molar-refractivity contribution in [3.63, 3.8) is 0 Å². The van der Waals surface area contributed by atoms with Crippen LogP contribution in [0, 0.1) is 11.3 Å². The number of ether oxygens (including phenoxy) is 2. The van der Waals surface area contributed by atoms with Crippen LogP contribution < -0.4 is 20.5 Å². The quantitative estimate of drug-likeness (QED) is 0.822. The Morgan fingerprint density at radius 3 is 2.52 bits per heavy atom. The first kappa shape index (κ1) is 12.8. The van der Waals surface area contributed by atoms with Crippen LogP contribution in [0.5, 0.6) is 11.5 Å². The largest absolute Gasteiger partial charge is 0.454 e. The van der Waals surface area contributed by atoms with E-state index >= 15 is 0 Å². The summed E-state index contributed by atoms with van der Waals surface area (Å²) in [5.41, 5.74) is 7.65. The second kappa shape index (κ2) is 5.06. The first-order valence-corrected chi connectivity index (χ1v) is 6.18. The summed E-state index contributed by atoms with van der Waals surface area (Å²) in [5.74, 6) is 0.785. The third kappa shape index (κ3) is 2.44. The zero-order chi connectivity index (χ0) is 14.8. The smallest absolute Gasteiger partial charge is 0.255 e. The zero-order valence-electron chi connectivity index (χ0n) is 10.9. The predicted molar refractivity (Wildman–Crippen MR) is 76.1 cm³/mol. The molecule has 0 unspecified atom stereocenters. The van der Waals surface area contributed by atoms with E-state index in [2.05, 4.69) is 5.32 Å². The molecule has 104 valence electrons. The molecule has 0 spiro atoms. The van der Waals surface area contributed by atoms with Gasteiger partial charge < -0.3 is 20.5 Å². The van der Waals surface area contributed by atoms with Crippen molar-refractivity contribution in [2.75, 3.05) is 17.8 Å². The standard InChI is InChI=1S/C15H11N3O3/c16-7-9-1-3-10(4-2-9)15(19)18-12-6-14-13(5-11(12)17)20-8-21-14/h1-6H,8,17H2,(H,18,19). The number of nitriles is 1. The number of amides is 1. The summed E-state index contributed by atoms with van der Waals surface area (Å²) in [6, 6.07) is 11.6. The van der Waals surface area contributed by atoms with E-state index in [4.69, 9.17) is 20.5 Å². The molecular formula is C15H11N3O3. The van der Waals surface area contributed by atoms with Gasteiger partial charge in [0, 0.05) is 17.7 Å². The topological polar surface area (TPSA) is 97.4 Å². The Morgan fingerprint density at radius 2 is 1.86 bits per heavy atom. The van der Waals surface area contributed by atoms with E-state index < -0.39 is 0 Å². The van der Waals surface area contributed by atoms with E-state index in [9.17, 15) is 4.79 Å². The van der Waals surface area contributed by atoms with Gasteiger partial charge in [-0.2, -0.15) is 5.26 Å². The second-order valence-electron chi connectivity index (χ2n) is 4.44. The molecule has 0 radical (unpaired) electrons. The van der Waals surface area contributed by atoms with Gasteiger partial charge in [-0.15, -0.1) is 0 Å². The first-order chi connectivity index (χ1) is 10.2. The average molecular weight is 281 g/mol. The molecule has 1 aliphatic heterocycles. The maximum absolute atomic E-state index is 12.1. The number of nitrogens with zero attached hydrogens (tertiary/aromatic N) is 1. The number of rotatable bonds is 2. The Hall–Kier alpha value is -3.20. The summed E-state index contributed by atoms with van der Waals surface area (Å²) in [7, 11) is 0. The van der Waals surface area contributed by atoms with Crippen LogP contribution >= 0.6 is 0 Å². The highest BCUT2D eigenvalue weighted by molar-refractivity contribution is 6.06. The fourth-order valence-corrected chi connectivity index (χ4v) is 1.96. The van der Waals surface area contributed by atoms with Crippen molar-refractivity contribution < 1.29 is 14.3 Å². The van der Waals surface area contributed by atoms with Crippen LogP contribution in [-0.2, 0) is 0 Å². The van der Waals surface area contributed by atoms with Gasteiger partial charge in [-0.05, 0) is 24.3 Å². The van der Waals surface area contributed by atoms with Crippen LogP contribution in [0.15, 0.2) is 36.4 Å². The van der Waals surface area contributed by atoms with Crippen molar-refractivity contribution >= 4 is 17.3 Å². The van der Waals surface area contributed by atoms with Gasteiger partial charge in [-0.25, -0.2) is 0 Å². The summed E-state index contributed by atoms with van der Waals surface area (Å²) < 4.78 is 10.5. The summed E-state index contributed by atoms with van der Waals surface area (Å²) in [6.07, 6.45) is 0. The molecule has 0 saturated heterocycles. The summed E-state index contributed by atoms with van der Waals surface area (Å²) in [5, 5.41) is 11.4. The van der Waals surface area contributed by atoms with Crippen LogP contribution in [0.1, 0.15) is 15.9 Å².